The molecule has 2 unspecified atom stereocenters. The lowest BCUT2D eigenvalue weighted by Gasteiger charge is -2.37. The number of hydrogen-bond donors (Lipinski definition) is 0. The van der Waals surface area contributed by atoms with Crippen LogP contribution in [0.3, 0.4) is 0 Å². The van der Waals surface area contributed by atoms with Crippen LogP contribution in [0, 0.1) is 17.2 Å². The summed E-state index contributed by atoms with van der Waals surface area (Å²) >= 11 is 0. The van der Waals surface area contributed by atoms with Crippen molar-refractivity contribution in [3.05, 3.63) is 11.8 Å². The van der Waals surface area contributed by atoms with Crippen LogP contribution >= 0.6 is 0 Å². The second-order valence-corrected chi connectivity index (χ2v) is 4.80. The van der Waals surface area contributed by atoms with Gasteiger partial charge in [0.2, 0.25) is 0 Å². The molecule has 1 aliphatic heterocycles. The van der Waals surface area contributed by atoms with Crippen LogP contribution in [0.1, 0.15) is 39.5 Å². The molecule has 0 aromatic rings. The van der Waals surface area contributed by atoms with Crippen molar-refractivity contribution < 1.29 is 16.9 Å². The van der Waals surface area contributed by atoms with E-state index in [4.69, 9.17) is 0 Å². The SMILES string of the molecule is CC[N+]1(CC)C2=CCCCC2CC1C#N.[Cl-]. The van der Waals surface area contributed by atoms with Crippen LogP contribution in [0.4, 0.5) is 0 Å². The lowest BCUT2D eigenvalue weighted by Crippen LogP contribution is -3.00. The molecule has 90 valence electrons. The number of nitrogens with zero attached hydrogens (tertiary/aromatic N) is 2. The van der Waals surface area contributed by atoms with E-state index in [0.29, 0.717) is 5.92 Å². The molecule has 1 fully saturated rings. The number of rotatable bonds is 2. The van der Waals surface area contributed by atoms with Gasteiger partial charge >= 0.3 is 0 Å². The molecule has 2 nitrogen and oxygen atoms in total. The summed E-state index contributed by atoms with van der Waals surface area (Å²) in [5.74, 6) is 0.711. The van der Waals surface area contributed by atoms with E-state index in [1.54, 1.807) is 5.70 Å². The minimum Gasteiger partial charge on any atom is -1.00 e. The zero-order valence-corrected chi connectivity index (χ0v) is 11.0. The number of allylic oxidation sites excluding steroid dienone is 2. The third-order valence-electron chi connectivity index (χ3n) is 4.42. The smallest absolute Gasteiger partial charge is 0.181 e. The Hall–Kier alpha value is -0.520. The highest BCUT2D eigenvalue weighted by Crippen LogP contribution is 2.45. The predicted molar refractivity (Wildman–Crippen MR) is 60.8 cm³/mol. The first kappa shape index (κ1) is 13.5. The third-order valence-corrected chi connectivity index (χ3v) is 4.42. The fourth-order valence-electron chi connectivity index (χ4n) is 3.56. The number of likely N-dealkylation sites (tertiary alicyclic amines) is 1. The maximum atomic E-state index is 9.32. The van der Waals surface area contributed by atoms with Gasteiger partial charge in [0.15, 0.2) is 6.04 Å². The van der Waals surface area contributed by atoms with Crippen molar-refractivity contribution in [2.24, 2.45) is 5.92 Å². The topological polar surface area (TPSA) is 23.8 Å². The van der Waals surface area contributed by atoms with Crippen molar-refractivity contribution in [3.8, 4) is 6.07 Å². The van der Waals surface area contributed by atoms with Crippen LogP contribution in [0.15, 0.2) is 11.8 Å². The molecule has 0 aromatic carbocycles. The molecular formula is C13H21ClN2. The monoisotopic (exact) mass is 240 g/mol. The second-order valence-electron chi connectivity index (χ2n) is 4.80. The van der Waals surface area contributed by atoms with Crippen molar-refractivity contribution in [1.29, 1.82) is 5.26 Å². The normalized spacial score (nSPS) is 30.9. The van der Waals surface area contributed by atoms with Crippen LogP contribution in [-0.2, 0) is 0 Å². The first-order chi connectivity index (χ1) is 7.28. The molecule has 1 saturated heterocycles. The Morgan fingerprint density at radius 3 is 2.69 bits per heavy atom. The molecule has 0 aromatic heterocycles. The minimum atomic E-state index is 0. The van der Waals surface area contributed by atoms with Crippen molar-refractivity contribution >= 4 is 0 Å². The molecule has 2 rings (SSSR count). The summed E-state index contributed by atoms with van der Waals surface area (Å²) in [6.07, 6.45) is 7.39. The maximum Gasteiger partial charge on any atom is 0.181 e. The number of fused-ring (bicyclic) bond motifs is 1. The summed E-state index contributed by atoms with van der Waals surface area (Å²) in [7, 11) is 0. The Kier molecular flexibility index (Phi) is 4.41. The molecule has 0 radical (unpaired) electrons. The summed E-state index contributed by atoms with van der Waals surface area (Å²) in [6.45, 7) is 6.62. The van der Waals surface area contributed by atoms with Gasteiger partial charge in [-0.05, 0) is 39.2 Å². The van der Waals surface area contributed by atoms with Crippen molar-refractivity contribution in [2.75, 3.05) is 13.1 Å². The summed E-state index contributed by atoms with van der Waals surface area (Å²) in [6, 6.07) is 2.76. The molecule has 0 amide bonds. The summed E-state index contributed by atoms with van der Waals surface area (Å²) in [5.41, 5.74) is 1.58. The van der Waals surface area contributed by atoms with E-state index in [1.807, 2.05) is 0 Å². The van der Waals surface area contributed by atoms with E-state index in [2.05, 4.69) is 26.0 Å². The number of hydrogen-bond acceptors (Lipinski definition) is 1. The second kappa shape index (κ2) is 5.21. The van der Waals surface area contributed by atoms with Gasteiger partial charge in [-0.1, -0.05) is 0 Å². The maximum absolute atomic E-state index is 9.32. The van der Waals surface area contributed by atoms with Crippen LogP contribution in [-0.4, -0.2) is 23.6 Å². The van der Waals surface area contributed by atoms with E-state index in [1.165, 1.54) is 19.3 Å². The molecular weight excluding hydrogens is 220 g/mol. The van der Waals surface area contributed by atoms with Gasteiger partial charge in [0.05, 0.1) is 13.1 Å². The highest BCUT2D eigenvalue weighted by Gasteiger charge is 2.50. The summed E-state index contributed by atoms with van der Waals surface area (Å²) in [4.78, 5) is 0. The predicted octanol–water partition coefficient (Wildman–Crippen LogP) is -0.173. The highest BCUT2D eigenvalue weighted by molar-refractivity contribution is 5.12. The molecule has 0 spiro atoms. The van der Waals surface area contributed by atoms with Crippen molar-refractivity contribution in [1.82, 2.24) is 0 Å². The van der Waals surface area contributed by atoms with Gasteiger partial charge in [0.1, 0.15) is 11.8 Å². The van der Waals surface area contributed by atoms with E-state index >= 15 is 0 Å². The first-order valence-electron chi connectivity index (χ1n) is 6.25. The lowest BCUT2D eigenvalue weighted by atomic mass is 9.91. The van der Waals surface area contributed by atoms with Gasteiger partial charge in [0, 0.05) is 12.3 Å². The zero-order chi connectivity index (χ0) is 10.9. The van der Waals surface area contributed by atoms with Gasteiger partial charge in [-0.3, -0.25) is 4.48 Å². The standard InChI is InChI=1S/C13H21N2.ClH/c1-3-15(4-2)12(10-14)9-11-7-5-6-8-13(11)15;/h8,11-12H,3-7,9H2,1-2H3;1H/q+1;/p-1. The van der Waals surface area contributed by atoms with Gasteiger partial charge in [-0.25, -0.2) is 0 Å². The van der Waals surface area contributed by atoms with E-state index < -0.39 is 0 Å². The highest BCUT2D eigenvalue weighted by atomic mass is 35.5. The van der Waals surface area contributed by atoms with E-state index in [0.717, 1.165) is 24.0 Å². The molecule has 0 N–H and O–H groups in total. The fourth-order valence-corrected chi connectivity index (χ4v) is 3.56. The molecule has 0 bridgehead atoms. The van der Waals surface area contributed by atoms with Gasteiger partial charge in [0.25, 0.3) is 0 Å². The Morgan fingerprint density at radius 2 is 2.12 bits per heavy atom. The van der Waals surface area contributed by atoms with Crippen LogP contribution < -0.4 is 12.4 Å². The van der Waals surface area contributed by atoms with E-state index in [-0.39, 0.29) is 18.4 Å². The molecule has 2 aliphatic rings. The Balaban J connectivity index is 0.00000128. The molecule has 0 saturated carbocycles. The van der Waals surface area contributed by atoms with Crippen LogP contribution in [0.2, 0.25) is 0 Å². The number of halogens is 1. The molecule has 1 aliphatic carbocycles. The number of quaternary nitrogens is 1. The van der Waals surface area contributed by atoms with Gasteiger partial charge in [-0.15, -0.1) is 0 Å². The van der Waals surface area contributed by atoms with Crippen molar-refractivity contribution in [3.63, 3.8) is 0 Å². The van der Waals surface area contributed by atoms with Crippen molar-refractivity contribution in [2.45, 2.75) is 45.6 Å². The molecule has 1 heterocycles. The third kappa shape index (κ3) is 1.77. The zero-order valence-electron chi connectivity index (χ0n) is 10.2. The van der Waals surface area contributed by atoms with Crippen LogP contribution in [0.5, 0.6) is 0 Å². The lowest BCUT2D eigenvalue weighted by molar-refractivity contribution is -0.896. The Bertz CT molecular complexity index is 312. The number of nitriles is 1. The average molecular weight is 241 g/mol. The van der Waals surface area contributed by atoms with Gasteiger partial charge in [-0.2, -0.15) is 5.26 Å². The molecule has 2 atom stereocenters. The van der Waals surface area contributed by atoms with E-state index in [9.17, 15) is 5.26 Å². The Morgan fingerprint density at radius 1 is 1.44 bits per heavy atom. The summed E-state index contributed by atoms with van der Waals surface area (Å²) in [5, 5.41) is 9.32. The first-order valence-corrected chi connectivity index (χ1v) is 6.25. The fraction of sp³-hybridized carbons (Fsp3) is 0.769. The van der Waals surface area contributed by atoms with Crippen LogP contribution in [0.25, 0.3) is 0 Å². The molecule has 16 heavy (non-hydrogen) atoms. The average Bonchev–Trinajstić information content (AvgIpc) is 2.63. The summed E-state index contributed by atoms with van der Waals surface area (Å²) < 4.78 is 0.959. The minimum absolute atomic E-state index is 0. The van der Waals surface area contributed by atoms with Gasteiger partial charge < -0.3 is 12.4 Å². The Labute approximate surface area is 105 Å². The largest absolute Gasteiger partial charge is 1.00 e. The molecule has 3 heteroatoms. The quantitative estimate of drug-likeness (QED) is 0.615.